The molecule has 0 saturated carbocycles. The van der Waals surface area contributed by atoms with Gasteiger partial charge in [-0.3, -0.25) is 0 Å². The average Bonchev–Trinajstić information content (AvgIpc) is 2.80. The molecule has 0 atom stereocenters. The minimum Gasteiger partial charge on any atom is -0.478 e. The Balaban J connectivity index is 2.40. The molecule has 3 nitrogen and oxygen atoms in total. The zero-order chi connectivity index (χ0) is 12.3. The number of carboxylic acid groups (broad SMARTS) is 1. The zero-order valence-corrected chi connectivity index (χ0v) is 9.29. The highest BCUT2D eigenvalue weighted by molar-refractivity contribution is 7.07. The van der Waals surface area contributed by atoms with E-state index < -0.39 is 11.8 Å². The van der Waals surface area contributed by atoms with E-state index in [0.29, 0.717) is 5.69 Å². The smallest absolute Gasteiger partial charge is 0.338 e. The summed E-state index contributed by atoms with van der Waals surface area (Å²) in [7, 11) is 0. The van der Waals surface area contributed by atoms with Crippen LogP contribution in [0.1, 0.15) is 21.6 Å². The number of aromatic nitrogens is 1. The fourth-order valence-corrected chi connectivity index (χ4v) is 1.68. The van der Waals surface area contributed by atoms with Gasteiger partial charge >= 0.3 is 5.97 Å². The number of aromatic carboxylic acids is 1. The third-order valence-corrected chi connectivity index (χ3v) is 2.57. The Morgan fingerprint density at radius 3 is 2.88 bits per heavy atom. The third kappa shape index (κ3) is 2.49. The molecule has 0 amide bonds. The summed E-state index contributed by atoms with van der Waals surface area (Å²) < 4.78 is 13.7. The summed E-state index contributed by atoms with van der Waals surface area (Å²) in [5, 5.41) is 10.5. The summed E-state index contributed by atoms with van der Waals surface area (Å²) in [5.74, 6) is 3.11. The average molecular weight is 247 g/mol. The largest absolute Gasteiger partial charge is 0.478 e. The van der Waals surface area contributed by atoms with Crippen LogP contribution in [0.3, 0.4) is 0 Å². The Hall–Kier alpha value is -2.19. The van der Waals surface area contributed by atoms with E-state index in [2.05, 4.69) is 16.8 Å². The Morgan fingerprint density at radius 1 is 1.41 bits per heavy atom. The molecular weight excluding hydrogens is 241 g/mol. The quantitative estimate of drug-likeness (QED) is 0.787. The topological polar surface area (TPSA) is 50.2 Å². The molecule has 17 heavy (non-hydrogen) atoms. The van der Waals surface area contributed by atoms with Crippen molar-refractivity contribution >= 4 is 17.3 Å². The highest BCUT2D eigenvalue weighted by Crippen LogP contribution is 2.12. The second-order valence-corrected chi connectivity index (χ2v) is 3.81. The van der Waals surface area contributed by atoms with E-state index >= 15 is 0 Å². The van der Waals surface area contributed by atoms with Crippen LogP contribution in [0.15, 0.2) is 29.1 Å². The molecule has 1 N–H and O–H groups in total. The van der Waals surface area contributed by atoms with Gasteiger partial charge in [-0.1, -0.05) is 12.0 Å². The predicted molar refractivity (Wildman–Crippen MR) is 61.5 cm³/mol. The standard InChI is InChI=1S/C12H6FNO2S/c13-11-8(2-1-3-10(11)12(15)16)4-5-9-6-17-7-14-9/h1-3,6-7H,(H,15,16). The number of carbonyl (C=O) groups is 1. The van der Waals surface area contributed by atoms with Crippen LogP contribution < -0.4 is 0 Å². The summed E-state index contributed by atoms with van der Waals surface area (Å²) >= 11 is 1.39. The SMILES string of the molecule is O=C(O)c1cccc(C#Cc2cscn2)c1F. The van der Waals surface area contributed by atoms with E-state index in [0.717, 1.165) is 0 Å². The first-order valence-corrected chi connectivity index (χ1v) is 5.55. The summed E-state index contributed by atoms with van der Waals surface area (Å²) in [5.41, 5.74) is 1.83. The number of nitrogens with zero attached hydrogens (tertiary/aromatic N) is 1. The van der Waals surface area contributed by atoms with Crippen molar-refractivity contribution in [2.24, 2.45) is 0 Å². The minimum absolute atomic E-state index is 0.0536. The number of halogens is 1. The number of thiazole rings is 1. The van der Waals surface area contributed by atoms with Crippen molar-refractivity contribution < 1.29 is 14.3 Å². The maximum Gasteiger partial charge on any atom is 0.338 e. The Kier molecular flexibility index (Phi) is 3.17. The van der Waals surface area contributed by atoms with Gasteiger partial charge in [0.05, 0.1) is 16.6 Å². The second kappa shape index (κ2) is 4.76. The molecular formula is C12H6FNO2S. The van der Waals surface area contributed by atoms with Crippen LogP contribution in [0.25, 0.3) is 0 Å². The highest BCUT2D eigenvalue weighted by Gasteiger charge is 2.12. The van der Waals surface area contributed by atoms with Gasteiger partial charge in [-0.15, -0.1) is 11.3 Å². The van der Waals surface area contributed by atoms with Crippen LogP contribution in [0.5, 0.6) is 0 Å². The first kappa shape index (κ1) is 11.3. The summed E-state index contributed by atoms with van der Waals surface area (Å²) in [6.45, 7) is 0. The number of rotatable bonds is 1. The van der Waals surface area contributed by atoms with E-state index in [1.165, 1.54) is 29.5 Å². The number of carboxylic acids is 1. The Morgan fingerprint density at radius 2 is 2.24 bits per heavy atom. The van der Waals surface area contributed by atoms with Crippen molar-refractivity contribution in [1.29, 1.82) is 0 Å². The molecule has 5 heteroatoms. The van der Waals surface area contributed by atoms with E-state index in [1.807, 2.05) is 0 Å². The molecule has 0 spiro atoms. The van der Waals surface area contributed by atoms with Crippen molar-refractivity contribution in [3.63, 3.8) is 0 Å². The summed E-state index contributed by atoms with van der Waals surface area (Å²) in [6, 6.07) is 4.09. The van der Waals surface area contributed by atoms with Crippen molar-refractivity contribution in [3.8, 4) is 11.8 Å². The molecule has 1 aromatic carbocycles. The second-order valence-electron chi connectivity index (χ2n) is 3.10. The number of hydrogen-bond donors (Lipinski definition) is 1. The molecule has 1 aromatic heterocycles. The van der Waals surface area contributed by atoms with Gasteiger partial charge in [0.25, 0.3) is 0 Å². The number of benzene rings is 1. The Labute approximate surface area is 101 Å². The highest BCUT2D eigenvalue weighted by atomic mass is 32.1. The molecule has 0 bridgehead atoms. The molecule has 0 aliphatic heterocycles. The van der Waals surface area contributed by atoms with Crippen LogP contribution in [-0.4, -0.2) is 16.1 Å². The van der Waals surface area contributed by atoms with Crippen molar-refractivity contribution in [2.45, 2.75) is 0 Å². The van der Waals surface area contributed by atoms with Gasteiger partial charge in [-0.25, -0.2) is 14.2 Å². The van der Waals surface area contributed by atoms with Gasteiger partial charge in [0.2, 0.25) is 0 Å². The lowest BCUT2D eigenvalue weighted by molar-refractivity contribution is 0.0692. The maximum absolute atomic E-state index is 13.7. The fraction of sp³-hybridized carbons (Fsp3) is 0. The summed E-state index contributed by atoms with van der Waals surface area (Å²) in [4.78, 5) is 14.6. The van der Waals surface area contributed by atoms with Gasteiger partial charge in [0.1, 0.15) is 5.69 Å². The third-order valence-electron chi connectivity index (χ3n) is 1.99. The van der Waals surface area contributed by atoms with Crippen molar-refractivity contribution in [2.75, 3.05) is 0 Å². The molecule has 0 aliphatic rings. The first-order chi connectivity index (χ1) is 8.18. The molecule has 0 radical (unpaired) electrons. The van der Waals surface area contributed by atoms with Crippen LogP contribution in [0.4, 0.5) is 4.39 Å². The van der Waals surface area contributed by atoms with Gasteiger partial charge in [0.15, 0.2) is 5.82 Å². The lowest BCUT2D eigenvalue weighted by atomic mass is 10.1. The van der Waals surface area contributed by atoms with Crippen molar-refractivity contribution in [3.05, 3.63) is 51.7 Å². The van der Waals surface area contributed by atoms with Gasteiger partial charge in [0, 0.05) is 5.38 Å². The molecule has 0 fully saturated rings. The van der Waals surface area contributed by atoms with Crippen LogP contribution in [0, 0.1) is 17.7 Å². The van der Waals surface area contributed by atoms with Crippen LogP contribution >= 0.6 is 11.3 Å². The van der Waals surface area contributed by atoms with Gasteiger partial charge < -0.3 is 5.11 Å². The summed E-state index contributed by atoms with van der Waals surface area (Å²) in [6.07, 6.45) is 0. The van der Waals surface area contributed by atoms with E-state index in [-0.39, 0.29) is 11.1 Å². The van der Waals surface area contributed by atoms with Crippen LogP contribution in [0.2, 0.25) is 0 Å². The molecule has 0 unspecified atom stereocenters. The maximum atomic E-state index is 13.7. The minimum atomic E-state index is -1.31. The van der Waals surface area contributed by atoms with E-state index in [4.69, 9.17) is 5.11 Å². The van der Waals surface area contributed by atoms with Crippen molar-refractivity contribution in [1.82, 2.24) is 4.98 Å². The molecule has 0 aliphatic carbocycles. The van der Waals surface area contributed by atoms with Gasteiger partial charge in [-0.2, -0.15) is 0 Å². The number of hydrogen-bond acceptors (Lipinski definition) is 3. The lowest BCUT2D eigenvalue weighted by Gasteiger charge is -1.98. The Bertz CT molecular complexity index is 611. The molecule has 1 heterocycles. The lowest BCUT2D eigenvalue weighted by Crippen LogP contribution is -2.01. The van der Waals surface area contributed by atoms with E-state index in [9.17, 15) is 9.18 Å². The zero-order valence-electron chi connectivity index (χ0n) is 8.48. The molecule has 84 valence electrons. The molecule has 2 aromatic rings. The molecule has 0 saturated heterocycles. The van der Waals surface area contributed by atoms with Gasteiger partial charge in [-0.05, 0) is 18.1 Å². The normalized spacial score (nSPS) is 9.47. The predicted octanol–water partition coefficient (Wildman–Crippen LogP) is 2.38. The molecule has 2 rings (SSSR count). The fourth-order valence-electron chi connectivity index (χ4n) is 1.20. The monoisotopic (exact) mass is 247 g/mol. The van der Waals surface area contributed by atoms with E-state index in [1.54, 1.807) is 10.9 Å². The van der Waals surface area contributed by atoms with Crippen LogP contribution in [-0.2, 0) is 0 Å². The first-order valence-electron chi connectivity index (χ1n) is 4.60.